The van der Waals surface area contributed by atoms with Crippen LogP contribution < -0.4 is 14.2 Å². The Morgan fingerprint density at radius 1 is 1.32 bits per heavy atom. The van der Waals surface area contributed by atoms with E-state index in [4.69, 9.17) is 18.6 Å². The highest BCUT2D eigenvalue weighted by Gasteiger charge is 2.20. The maximum absolute atomic E-state index is 12.7. The summed E-state index contributed by atoms with van der Waals surface area (Å²) >= 11 is 0. The zero-order chi connectivity index (χ0) is 19.5. The van der Waals surface area contributed by atoms with Gasteiger partial charge in [-0.05, 0) is 19.1 Å². The summed E-state index contributed by atoms with van der Waals surface area (Å²) < 4.78 is 23.5. The normalized spacial score (nSPS) is 12.2. The molecule has 2 aromatic heterocycles. The monoisotopic (exact) mass is 384 g/mol. The number of aryl methyl sites for hydroxylation is 1. The Labute approximate surface area is 161 Å². The molecule has 4 rings (SSSR count). The largest absolute Gasteiger partial charge is 0.484 e. The van der Waals surface area contributed by atoms with E-state index in [-0.39, 0.29) is 25.0 Å². The summed E-state index contributed by atoms with van der Waals surface area (Å²) in [5.41, 5.74) is 0.236. The van der Waals surface area contributed by atoms with Gasteiger partial charge in [-0.3, -0.25) is 4.79 Å². The Morgan fingerprint density at radius 2 is 2.18 bits per heavy atom. The summed E-state index contributed by atoms with van der Waals surface area (Å²) in [6.45, 7) is 3.13. The molecule has 9 heteroatoms. The lowest BCUT2D eigenvalue weighted by Gasteiger charge is -2.19. The van der Waals surface area contributed by atoms with Crippen molar-refractivity contribution in [1.82, 2.24) is 19.4 Å². The van der Waals surface area contributed by atoms with Gasteiger partial charge in [0.15, 0.2) is 23.8 Å². The quantitative estimate of drug-likeness (QED) is 0.617. The van der Waals surface area contributed by atoms with Crippen LogP contribution in [0.15, 0.2) is 41.3 Å². The zero-order valence-electron chi connectivity index (χ0n) is 15.6. The number of oxazole rings is 1. The standard InChI is InChI=1S/C19H20N4O5/c1-3-23(9-17-20-6-7-22(17)2)19(24)14-10-26-18(21-14)11-25-13-4-5-15-16(8-13)28-12-27-15/h4-8,10H,3,9,11-12H2,1-2H3. The van der Waals surface area contributed by atoms with Crippen molar-refractivity contribution in [3.63, 3.8) is 0 Å². The van der Waals surface area contributed by atoms with Crippen LogP contribution in [-0.2, 0) is 20.2 Å². The molecular weight excluding hydrogens is 364 g/mol. The van der Waals surface area contributed by atoms with E-state index in [1.807, 2.05) is 24.7 Å². The van der Waals surface area contributed by atoms with Crippen LogP contribution >= 0.6 is 0 Å². The van der Waals surface area contributed by atoms with Crippen molar-refractivity contribution < 1.29 is 23.4 Å². The van der Waals surface area contributed by atoms with E-state index in [1.165, 1.54) is 6.26 Å². The molecule has 3 aromatic rings. The number of hydrogen-bond acceptors (Lipinski definition) is 7. The predicted molar refractivity (Wildman–Crippen MR) is 97.0 cm³/mol. The van der Waals surface area contributed by atoms with Crippen LogP contribution in [0.1, 0.15) is 29.1 Å². The molecule has 0 atom stereocenters. The molecule has 9 nitrogen and oxygen atoms in total. The minimum Gasteiger partial charge on any atom is -0.484 e. The third kappa shape index (κ3) is 3.64. The van der Waals surface area contributed by atoms with Crippen molar-refractivity contribution in [3.8, 4) is 17.2 Å². The summed E-state index contributed by atoms with van der Waals surface area (Å²) in [7, 11) is 1.89. The smallest absolute Gasteiger partial charge is 0.276 e. The Morgan fingerprint density at radius 3 is 2.96 bits per heavy atom. The van der Waals surface area contributed by atoms with Gasteiger partial charge in [0.2, 0.25) is 12.7 Å². The van der Waals surface area contributed by atoms with Gasteiger partial charge in [-0.15, -0.1) is 0 Å². The van der Waals surface area contributed by atoms with Crippen LogP contribution in [0.3, 0.4) is 0 Å². The molecule has 0 unspecified atom stereocenters. The molecule has 0 fully saturated rings. The van der Waals surface area contributed by atoms with Gasteiger partial charge >= 0.3 is 0 Å². The summed E-state index contributed by atoms with van der Waals surface area (Å²) in [6, 6.07) is 5.29. The Balaban J connectivity index is 1.39. The number of ether oxygens (including phenoxy) is 3. The van der Waals surface area contributed by atoms with Gasteiger partial charge in [-0.2, -0.15) is 0 Å². The summed E-state index contributed by atoms with van der Waals surface area (Å²) in [6.07, 6.45) is 4.90. The number of benzene rings is 1. The second kappa shape index (κ2) is 7.63. The third-order valence-corrected chi connectivity index (χ3v) is 4.40. The number of imidazole rings is 1. The predicted octanol–water partition coefficient (Wildman–Crippen LogP) is 2.38. The van der Waals surface area contributed by atoms with E-state index in [0.29, 0.717) is 36.2 Å². The molecule has 0 radical (unpaired) electrons. The van der Waals surface area contributed by atoms with E-state index in [2.05, 4.69) is 9.97 Å². The minimum absolute atomic E-state index is 0.0956. The first-order valence-electron chi connectivity index (χ1n) is 8.86. The first-order chi connectivity index (χ1) is 13.6. The van der Waals surface area contributed by atoms with Crippen LogP contribution in [-0.4, -0.2) is 38.7 Å². The van der Waals surface area contributed by atoms with Gasteiger partial charge in [0.1, 0.15) is 17.8 Å². The van der Waals surface area contributed by atoms with E-state index < -0.39 is 0 Å². The molecule has 0 bridgehead atoms. The lowest BCUT2D eigenvalue weighted by molar-refractivity contribution is 0.0741. The van der Waals surface area contributed by atoms with Gasteiger partial charge in [-0.1, -0.05) is 0 Å². The van der Waals surface area contributed by atoms with Crippen molar-refractivity contribution >= 4 is 5.91 Å². The molecule has 0 N–H and O–H groups in total. The molecule has 146 valence electrons. The molecule has 1 aliphatic heterocycles. The number of nitrogens with zero attached hydrogens (tertiary/aromatic N) is 4. The zero-order valence-corrected chi connectivity index (χ0v) is 15.6. The maximum Gasteiger partial charge on any atom is 0.276 e. The van der Waals surface area contributed by atoms with Crippen LogP contribution in [0.2, 0.25) is 0 Å². The highest BCUT2D eigenvalue weighted by Crippen LogP contribution is 2.35. The SMILES string of the molecule is CCN(Cc1nccn1C)C(=O)c1coc(COc2ccc3c(c2)OCO3)n1. The molecule has 0 aliphatic carbocycles. The van der Waals surface area contributed by atoms with Crippen molar-refractivity contribution in [2.75, 3.05) is 13.3 Å². The number of aromatic nitrogens is 3. The first kappa shape index (κ1) is 17.9. The summed E-state index contributed by atoms with van der Waals surface area (Å²) in [5, 5.41) is 0. The highest BCUT2D eigenvalue weighted by molar-refractivity contribution is 5.91. The summed E-state index contributed by atoms with van der Waals surface area (Å²) in [4.78, 5) is 22.9. The number of fused-ring (bicyclic) bond motifs is 1. The van der Waals surface area contributed by atoms with Crippen LogP contribution in [0, 0.1) is 0 Å². The average Bonchev–Trinajstić information content (AvgIpc) is 3.44. The maximum atomic E-state index is 12.7. The van der Waals surface area contributed by atoms with Crippen molar-refractivity contribution in [2.45, 2.75) is 20.1 Å². The molecule has 0 saturated carbocycles. The molecule has 0 saturated heterocycles. The van der Waals surface area contributed by atoms with Crippen LogP contribution in [0.4, 0.5) is 0 Å². The van der Waals surface area contributed by atoms with Gasteiger partial charge in [0.25, 0.3) is 5.91 Å². The lowest BCUT2D eigenvalue weighted by Crippen LogP contribution is -2.31. The topological polar surface area (TPSA) is 91.9 Å². The Bertz CT molecular complexity index is 980. The fourth-order valence-electron chi connectivity index (χ4n) is 2.80. The molecule has 28 heavy (non-hydrogen) atoms. The molecule has 1 aromatic carbocycles. The average molecular weight is 384 g/mol. The minimum atomic E-state index is -0.219. The number of amides is 1. The Kier molecular flexibility index (Phi) is 4.88. The number of rotatable bonds is 7. The van der Waals surface area contributed by atoms with E-state index in [1.54, 1.807) is 29.3 Å². The van der Waals surface area contributed by atoms with E-state index in [0.717, 1.165) is 5.82 Å². The number of carbonyl (C=O) groups excluding carboxylic acids is 1. The van der Waals surface area contributed by atoms with Gasteiger partial charge in [0.05, 0.1) is 6.54 Å². The summed E-state index contributed by atoms with van der Waals surface area (Å²) in [5.74, 6) is 2.81. The van der Waals surface area contributed by atoms with Crippen molar-refractivity contribution in [1.29, 1.82) is 0 Å². The highest BCUT2D eigenvalue weighted by atomic mass is 16.7. The molecule has 3 heterocycles. The van der Waals surface area contributed by atoms with Crippen LogP contribution in [0.5, 0.6) is 17.2 Å². The second-order valence-electron chi connectivity index (χ2n) is 6.20. The van der Waals surface area contributed by atoms with Crippen LogP contribution in [0.25, 0.3) is 0 Å². The van der Waals surface area contributed by atoms with Gasteiger partial charge in [0, 0.05) is 32.1 Å². The fourth-order valence-corrected chi connectivity index (χ4v) is 2.80. The van der Waals surface area contributed by atoms with Gasteiger partial charge in [-0.25, -0.2) is 9.97 Å². The van der Waals surface area contributed by atoms with Gasteiger partial charge < -0.3 is 28.1 Å². The second-order valence-corrected chi connectivity index (χ2v) is 6.20. The molecule has 0 spiro atoms. The lowest BCUT2D eigenvalue weighted by atomic mass is 10.3. The molecular formula is C19H20N4O5. The molecule has 1 amide bonds. The third-order valence-electron chi connectivity index (χ3n) is 4.40. The van der Waals surface area contributed by atoms with Crippen molar-refractivity contribution in [3.05, 3.63) is 54.3 Å². The first-order valence-corrected chi connectivity index (χ1v) is 8.86. The Hall–Kier alpha value is -3.49. The van der Waals surface area contributed by atoms with E-state index >= 15 is 0 Å². The fraction of sp³-hybridized carbons (Fsp3) is 0.316. The van der Waals surface area contributed by atoms with Crippen molar-refractivity contribution in [2.24, 2.45) is 7.05 Å². The number of hydrogen-bond donors (Lipinski definition) is 0. The van der Waals surface area contributed by atoms with E-state index in [9.17, 15) is 4.79 Å². The molecule has 1 aliphatic rings. The number of carbonyl (C=O) groups is 1.